The Morgan fingerprint density at radius 3 is 3.00 bits per heavy atom. The van der Waals surface area contributed by atoms with Gasteiger partial charge in [0.2, 0.25) is 5.88 Å². The predicted octanol–water partition coefficient (Wildman–Crippen LogP) is 2.03. The van der Waals surface area contributed by atoms with Crippen LogP contribution in [0.2, 0.25) is 0 Å². The van der Waals surface area contributed by atoms with Crippen molar-refractivity contribution in [2.75, 3.05) is 0 Å². The lowest BCUT2D eigenvalue weighted by Gasteiger charge is -2.12. The van der Waals surface area contributed by atoms with Crippen molar-refractivity contribution < 1.29 is 5.11 Å². The predicted molar refractivity (Wildman–Crippen MR) is 66.0 cm³/mol. The van der Waals surface area contributed by atoms with Gasteiger partial charge in [-0.2, -0.15) is 4.98 Å². The highest BCUT2D eigenvalue weighted by Crippen LogP contribution is 2.23. The van der Waals surface area contributed by atoms with Gasteiger partial charge in [-0.25, -0.2) is 0 Å². The van der Waals surface area contributed by atoms with E-state index in [-0.39, 0.29) is 11.4 Å². The van der Waals surface area contributed by atoms with E-state index in [1.165, 1.54) is 16.3 Å². The maximum Gasteiger partial charge on any atom is 0.258 e. The van der Waals surface area contributed by atoms with E-state index in [0.717, 1.165) is 12.5 Å². The smallest absolute Gasteiger partial charge is 0.258 e. The van der Waals surface area contributed by atoms with Crippen LogP contribution < -0.4 is 5.56 Å². The van der Waals surface area contributed by atoms with E-state index < -0.39 is 0 Å². The Morgan fingerprint density at radius 2 is 2.44 bits per heavy atom. The van der Waals surface area contributed by atoms with Crippen LogP contribution >= 0.6 is 11.8 Å². The number of hydrogen-bond donors (Lipinski definition) is 1. The van der Waals surface area contributed by atoms with E-state index in [4.69, 9.17) is 0 Å². The Morgan fingerprint density at radius 1 is 1.75 bits per heavy atom. The second-order valence-electron chi connectivity index (χ2n) is 3.47. The first-order valence-electron chi connectivity index (χ1n) is 5.16. The molecule has 5 heteroatoms. The number of nitrogens with zero attached hydrogens (tertiary/aromatic N) is 2. The Bertz CT molecular complexity index is 428. The van der Waals surface area contributed by atoms with Gasteiger partial charge >= 0.3 is 0 Å². The fourth-order valence-electron chi connectivity index (χ4n) is 1.12. The lowest BCUT2D eigenvalue weighted by atomic mass is 10.4. The number of allylic oxidation sites excluding steroid dienone is 1. The summed E-state index contributed by atoms with van der Waals surface area (Å²) in [5.74, 6) is -0.226. The van der Waals surface area contributed by atoms with E-state index in [2.05, 4.69) is 25.4 Å². The van der Waals surface area contributed by atoms with Gasteiger partial charge in [0.05, 0.1) is 6.07 Å². The summed E-state index contributed by atoms with van der Waals surface area (Å²) in [6, 6.07) is 1.12. The van der Waals surface area contributed by atoms with Crippen LogP contribution in [0.5, 0.6) is 5.88 Å². The average Bonchev–Trinajstić information content (AvgIpc) is 2.23. The molecule has 4 nitrogen and oxygen atoms in total. The maximum atomic E-state index is 11.6. The first-order valence-corrected chi connectivity index (χ1v) is 6.04. The number of hydrogen-bond acceptors (Lipinski definition) is 4. The molecule has 0 radical (unpaired) electrons. The van der Waals surface area contributed by atoms with E-state index in [9.17, 15) is 9.90 Å². The van der Waals surface area contributed by atoms with Crippen molar-refractivity contribution in [1.29, 1.82) is 0 Å². The molecule has 0 aliphatic heterocycles. The van der Waals surface area contributed by atoms with Crippen molar-refractivity contribution in [2.45, 2.75) is 37.2 Å². The molecule has 1 N–H and O–H groups in total. The highest BCUT2D eigenvalue weighted by molar-refractivity contribution is 7.99. The zero-order valence-electron chi connectivity index (χ0n) is 9.51. The van der Waals surface area contributed by atoms with E-state index in [1.807, 2.05) is 0 Å². The fraction of sp³-hybridized carbons (Fsp3) is 0.455. The molecule has 0 saturated carbocycles. The van der Waals surface area contributed by atoms with Crippen molar-refractivity contribution in [3.63, 3.8) is 0 Å². The minimum absolute atomic E-state index is 0.226. The topological polar surface area (TPSA) is 55.1 Å². The molecule has 0 amide bonds. The summed E-state index contributed by atoms with van der Waals surface area (Å²) in [5, 5.41) is 10.2. The standard InChI is InChI=1S/C11H16N2O2S/c1-4-6-13-10(15)7-9(14)12-11(13)16-8(3)5-2/h4,7-8,14H,1,5-6H2,2-3H3/t8-/m0/s1. The third-order valence-corrected chi connectivity index (χ3v) is 3.41. The molecule has 1 aromatic rings. The summed E-state index contributed by atoms with van der Waals surface area (Å²) in [6.07, 6.45) is 2.62. The fourth-order valence-corrected chi connectivity index (χ4v) is 2.09. The van der Waals surface area contributed by atoms with Crippen LogP contribution in [0, 0.1) is 0 Å². The van der Waals surface area contributed by atoms with Crippen molar-refractivity contribution in [2.24, 2.45) is 0 Å². The molecule has 0 aliphatic rings. The van der Waals surface area contributed by atoms with E-state index in [0.29, 0.717) is 17.0 Å². The summed E-state index contributed by atoms with van der Waals surface area (Å²) in [5.41, 5.74) is -0.252. The Labute approximate surface area is 99.0 Å². The van der Waals surface area contributed by atoms with Crippen LogP contribution in [0.3, 0.4) is 0 Å². The van der Waals surface area contributed by atoms with Gasteiger partial charge in [-0.1, -0.05) is 31.7 Å². The number of aromatic nitrogens is 2. The number of rotatable bonds is 5. The molecule has 1 rings (SSSR count). The molecule has 0 fully saturated rings. The minimum atomic E-state index is -0.252. The summed E-state index contributed by atoms with van der Waals surface area (Å²) >= 11 is 1.48. The summed E-state index contributed by atoms with van der Waals surface area (Å²) in [7, 11) is 0. The minimum Gasteiger partial charge on any atom is -0.493 e. The second kappa shape index (κ2) is 5.75. The van der Waals surface area contributed by atoms with Crippen LogP contribution in [0.1, 0.15) is 20.3 Å². The van der Waals surface area contributed by atoms with Crippen LogP contribution in [-0.2, 0) is 6.54 Å². The largest absolute Gasteiger partial charge is 0.493 e. The highest BCUT2D eigenvalue weighted by Gasteiger charge is 2.10. The van der Waals surface area contributed by atoms with Crippen LogP contribution in [0.4, 0.5) is 0 Å². The van der Waals surface area contributed by atoms with Crippen molar-refractivity contribution in [1.82, 2.24) is 9.55 Å². The monoisotopic (exact) mass is 240 g/mol. The lowest BCUT2D eigenvalue weighted by Crippen LogP contribution is -2.21. The SMILES string of the molecule is C=CCn1c(S[C@@H](C)CC)nc(O)cc1=O. The molecule has 0 bridgehead atoms. The van der Waals surface area contributed by atoms with Gasteiger partial charge in [0.25, 0.3) is 5.56 Å². The molecule has 0 unspecified atom stereocenters. The molecule has 1 atom stereocenters. The molecule has 88 valence electrons. The van der Waals surface area contributed by atoms with Gasteiger partial charge in [-0.15, -0.1) is 6.58 Å². The molecular weight excluding hydrogens is 224 g/mol. The summed E-state index contributed by atoms with van der Waals surface area (Å²) in [6.45, 7) is 8.13. The van der Waals surface area contributed by atoms with E-state index >= 15 is 0 Å². The Hall–Kier alpha value is -1.23. The number of aromatic hydroxyl groups is 1. The van der Waals surface area contributed by atoms with Crippen LogP contribution in [0.25, 0.3) is 0 Å². The zero-order chi connectivity index (χ0) is 12.1. The number of thioether (sulfide) groups is 1. The third kappa shape index (κ3) is 3.13. The van der Waals surface area contributed by atoms with Crippen molar-refractivity contribution >= 4 is 11.8 Å². The average molecular weight is 240 g/mol. The first-order chi connectivity index (χ1) is 7.58. The van der Waals surface area contributed by atoms with Gasteiger partial charge in [0.1, 0.15) is 0 Å². The van der Waals surface area contributed by atoms with Gasteiger partial charge in [0.15, 0.2) is 5.16 Å². The van der Waals surface area contributed by atoms with Gasteiger partial charge in [-0.3, -0.25) is 9.36 Å². The van der Waals surface area contributed by atoms with Gasteiger partial charge < -0.3 is 5.11 Å². The summed E-state index contributed by atoms with van der Waals surface area (Å²) in [4.78, 5) is 15.6. The quantitative estimate of drug-likeness (QED) is 0.486. The molecule has 16 heavy (non-hydrogen) atoms. The Balaban J connectivity index is 3.13. The molecule has 0 aliphatic carbocycles. The van der Waals surface area contributed by atoms with Crippen molar-refractivity contribution in [3.8, 4) is 5.88 Å². The molecule has 0 spiro atoms. The third-order valence-electron chi connectivity index (χ3n) is 2.15. The van der Waals surface area contributed by atoms with Gasteiger partial charge in [0, 0.05) is 11.8 Å². The molecule has 1 heterocycles. The summed E-state index contributed by atoms with van der Waals surface area (Å²) < 4.78 is 1.50. The molecule has 1 aromatic heterocycles. The molecular formula is C11H16N2O2S. The molecule has 0 saturated heterocycles. The first kappa shape index (κ1) is 12.8. The maximum absolute atomic E-state index is 11.6. The zero-order valence-corrected chi connectivity index (χ0v) is 10.3. The lowest BCUT2D eigenvalue weighted by molar-refractivity contribution is 0.435. The second-order valence-corrected chi connectivity index (χ2v) is 4.88. The highest BCUT2D eigenvalue weighted by atomic mass is 32.2. The van der Waals surface area contributed by atoms with Crippen LogP contribution in [0.15, 0.2) is 28.7 Å². The normalized spacial score (nSPS) is 12.4. The Kier molecular flexibility index (Phi) is 4.61. The van der Waals surface area contributed by atoms with Crippen LogP contribution in [-0.4, -0.2) is 19.9 Å². The van der Waals surface area contributed by atoms with Crippen molar-refractivity contribution in [3.05, 3.63) is 29.1 Å². The molecule has 0 aromatic carbocycles. The van der Waals surface area contributed by atoms with E-state index in [1.54, 1.807) is 6.08 Å². The van der Waals surface area contributed by atoms with Gasteiger partial charge in [-0.05, 0) is 6.42 Å².